The zero-order valence-corrected chi connectivity index (χ0v) is 29.9. The lowest BCUT2D eigenvalue weighted by molar-refractivity contribution is -0.165. The van der Waals surface area contributed by atoms with E-state index in [1.165, 1.54) is 49.1 Å². The van der Waals surface area contributed by atoms with Crippen LogP contribution < -0.4 is 4.74 Å². The standard InChI is InChI=1S/C39H50FNO9/c1-24(2)11-16-35(44)49-23-39(6,7)36(45)37(46)41-17-9-8-10-31(41)38(47)50-34(15-13-27-12-14-32(42)33(43)18-27)28-19-29(40)21-30(20-28)48-22-26(5)25(3)4/h11-12,14,16,18-21,24-25,31,34,42-43H,5,8-10,13,15,17,22-23H2,1-4,6-7H3/t31-,34+/m0/s1. The average Bonchev–Trinajstić information content (AvgIpc) is 3.07. The Kier molecular flexibility index (Phi) is 14.2. The summed E-state index contributed by atoms with van der Waals surface area (Å²) in [5, 5.41) is 19.7. The number of amides is 1. The van der Waals surface area contributed by atoms with Crippen molar-refractivity contribution in [1.82, 2.24) is 4.90 Å². The van der Waals surface area contributed by atoms with Crippen LogP contribution in [0.25, 0.3) is 0 Å². The Bertz CT molecular complexity index is 1580. The van der Waals surface area contributed by atoms with Crippen LogP contribution in [0.3, 0.4) is 0 Å². The fourth-order valence-electron chi connectivity index (χ4n) is 5.21. The lowest BCUT2D eigenvalue weighted by Gasteiger charge is -2.36. The van der Waals surface area contributed by atoms with Crippen molar-refractivity contribution in [2.24, 2.45) is 17.3 Å². The number of likely N-dealkylation sites (tertiary alicyclic amines) is 1. The summed E-state index contributed by atoms with van der Waals surface area (Å²) < 4.78 is 32.0. The van der Waals surface area contributed by atoms with Crippen molar-refractivity contribution in [2.75, 3.05) is 19.8 Å². The van der Waals surface area contributed by atoms with Crippen LogP contribution >= 0.6 is 0 Å². The number of carbonyl (C=O) groups excluding carboxylic acids is 4. The van der Waals surface area contributed by atoms with Gasteiger partial charge in [0.1, 0.15) is 36.9 Å². The Morgan fingerprint density at radius 1 is 1.04 bits per heavy atom. The van der Waals surface area contributed by atoms with Crippen LogP contribution in [0.1, 0.15) is 84.5 Å². The summed E-state index contributed by atoms with van der Waals surface area (Å²) in [6.45, 7) is 14.7. The van der Waals surface area contributed by atoms with Crippen LogP contribution in [0.15, 0.2) is 60.7 Å². The monoisotopic (exact) mass is 695 g/mol. The minimum absolute atomic E-state index is 0.127. The summed E-state index contributed by atoms with van der Waals surface area (Å²) in [6, 6.07) is 7.30. The van der Waals surface area contributed by atoms with Gasteiger partial charge in [0.05, 0.1) is 5.41 Å². The number of benzene rings is 2. The zero-order chi connectivity index (χ0) is 37.2. The molecule has 0 spiro atoms. The van der Waals surface area contributed by atoms with E-state index in [1.54, 1.807) is 18.2 Å². The number of Topliss-reactive ketones (excluding diaryl/α,β-unsaturated/α-hetero) is 1. The summed E-state index contributed by atoms with van der Waals surface area (Å²) >= 11 is 0. The predicted octanol–water partition coefficient (Wildman–Crippen LogP) is 6.78. The molecule has 1 saturated heterocycles. The van der Waals surface area contributed by atoms with Crippen molar-refractivity contribution >= 4 is 23.6 Å². The average molecular weight is 696 g/mol. The third-order valence-electron chi connectivity index (χ3n) is 8.54. The first-order valence-corrected chi connectivity index (χ1v) is 17.0. The maximum atomic E-state index is 15.0. The maximum absolute atomic E-state index is 15.0. The van der Waals surface area contributed by atoms with Crippen molar-refractivity contribution in [3.63, 3.8) is 0 Å². The van der Waals surface area contributed by atoms with Crippen molar-refractivity contribution in [2.45, 2.75) is 85.8 Å². The number of rotatable bonds is 16. The number of carbonyl (C=O) groups is 4. The number of ketones is 1. The highest BCUT2D eigenvalue weighted by atomic mass is 19.1. The third-order valence-corrected chi connectivity index (χ3v) is 8.54. The normalized spacial score (nSPS) is 15.6. The predicted molar refractivity (Wildman–Crippen MR) is 186 cm³/mol. The van der Waals surface area contributed by atoms with Gasteiger partial charge in [0.15, 0.2) is 11.5 Å². The summed E-state index contributed by atoms with van der Waals surface area (Å²) in [5.74, 6) is -3.79. The second-order valence-corrected chi connectivity index (χ2v) is 14.0. The molecule has 1 aliphatic heterocycles. The van der Waals surface area contributed by atoms with Crippen molar-refractivity contribution < 1.29 is 48.0 Å². The molecule has 1 amide bonds. The maximum Gasteiger partial charge on any atom is 0.330 e. The van der Waals surface area contributed by atoms with Gasteiger partial charge < -0.3 is 29.3 Å². The number of halogens is 1. The van der Waals surface area contributed by atoms with Crippen molar-refractivity contribution in [3.05, 3.63) is 77.6 Å². The van der Waals surface area contributed by atoms with E-state index in [-0.39, 0.29) is 68.1 Å². The number of hydrogen-bond acceptors (Lipinski definition) is 9. The molecule has 2 aromatic carbocycles. The van der Waals surface area contributed by atoms with Gasteiger partial charge in [0.25, 0.3) is 5.91 Å². The fraction of sp³-hybridized carbons (Fsp3) is 0.487. The molecule has 0 bridgehead atoms. The molecule has 0 aliphatic carbocycles. The number of piperidine rings is 1. The minimum atomic E-state index is -1.36. The molecule has 11 heteroatoms. The molecular weight excluding hydrogens is 645 g/mol. The molecule has 1 heterocycles. The lowest BCUT2D eigenvalue weighted by Crippen LogP contribution is -2.53. The lowest BCUT2D eigenvalue weighted by atomic mass is 9.87. The van der Waals surface area contributed by atoms with E-state index < -0.39 is 47.0 Å². The Morgan fingerprint density at radius 3 is 2.42 bits per heavy atom. The van der Waals surface area contributed by atoms with E-state index in [4.69, 9.17) is 14.2 Å². The van der Waals surface area contributed by atoms with E-state index in [2.05, 4.69) is 6.58 Å². The molecule has 1 fully saturated rings. The third kappa shape index (κ3) is 11.5. The smallest absolute Gasteiger partial charge is 0.330 e. The summed E-state index contributed by atoms with van der Waals surface area (Å²) in [4.78, 5) is 54.2. The van der Waals surface area contributed by atoms with Crippen LogP contribution in [0.2, 0.25) is 0 Å². The second-order valence-electron chi connectivity index (χ2n) is 14.0. The number of aromatic hydroxyl groups is 2. The summed E-state index contributed by atoms with van der Waals surface area (Å²) in [6.07, 6.45) is 3.79. The van der Waals surface area contributed by atoms with Gasteiger partial charge in [-0.1, -0.05) is 46.4 Å². The number of hydrogen-bond donors (Lipinski definition) is 2. The van der Waals surface area contributed by atoms with Gasteiger partial charge in [-0.05, 0) is 98.8 Å². The fourth-order valence-corrected chi connectivity index (χ4v) is 5.21. The Labute approximate surface area is 293 Å². The van der Waals surface area contributed by atoms with Gasteiger partial charge in [-0.25, -0.2) is 14.0 Å². The van der Waals surface area contributed by atoms with Gasteiger partial charge in [-0.15, -0.1) is 0 Å². The van der Waals surface area contributed by atoms with E-state index >= 15 is 0 Å². The van der Waals surface area contributed by atoms with E-state index in [0.717, 1.165) is 5.57 Å². The Morgan fingerprint density at radius 2 is 1.76 bits per heavy atom. The van der Waals surface area contributed by atoms with E-state index in [1.807, 2.05) is 27.7 Å². The number of phenolic OH excluding ortho intramolecular Hbond substituents is 2. The number of esters is 2. The van der Waals surface area contributed by atoms with Crippen LogP contribution in [-0.2, 0) is 35.1 Å². The molecule has 10 nitrogen and oxygen atoms in total. The minimum Gasteiger partial charge on any atom is -0.504 e. The summed E-state index contributed by atoms with van der Waals surface area (Å²) in [7, 11) is 0. The molecule has 2 N–H and O–H groups in total. The van der Waals surface area contributed by atoms with E-state index in [9.17, 15) is 33.8 Å². The van der Waals surface area contributed by atoms with Gasteiger partial charge in [-0.2, -0.15) is 0 Å². The molecule has 0 radical (unpaired) electrons. The summed E-state index contributed by atoms with van der Waals surface area (Å²) in [5.41, 5.74) is 0.393. The SMILES string of the molecule is C=C(COc1cc(F)cc([C@@H](CCc2ccc(O)c(O)c2)OC(=O)[C@@H]2CCCCN2C(=O)C(=O)C(C)(C)COC(=O)C=CC(C)C)c1)C(C)C. The number of aryl methyl sites for hydroxylation is 1. The molecule has 3 rings (SSSR count). The largest absolute Gasteiger partial charge is 0.504 e. The van der Waals surface area contributed by atoms with Crippen molar-refractivity contribution in [3.8, 4) is 17.2 Å². The molecule has 272 valence electrons. The topological polar surface area (TPSA) is 140 Å². The Balaban J connectivity index is 1.84. The quantitative estimate of drug-likeness (QED) is 0.0640. The molecule has 0 aromatic heterocycles. The molecule has 2 atom stereocenters. The molecule has 2 aromatic rings. The first kappa shape index (κ1) is 39.8. The highest BCUT2D eigenvalue weighted by molar-refractivity contribution is 6.38. The first-order chi connectivity index (χ1) is 23.5. The highest BCUT2D eigenvalue weighted by Gasteiger charge is 2.42. The van der Waals surface area contributed by atoms with Gasteiger partial charge in [0.2, 0.25) is 5.78 Å². The number of nitrogens with zero attached hydrogens (tertiary/aromatic N) is 1. The molecule has 0 unspecified atom stereocenters. The van der Waals surface area contributed by atoms with Crippen LogP contribution in [0.4, 0.5) is 4.39 Å². The van der Waals surface area contributed by atoms with Gasteiger partial charge >= 0.3 is 11.9 Å². The van der Waals surface area contributed by atoms with Gasteiger partial charge in [-0.3, -0.25) is 9.59 Å². The van der Waals surface area contributed by atoms with Crippen LogP contribution in [-0.4, -0.2) is 64.5 Å². The van der Waals surface area contributed by atoms with Crippen LogP contribution in [0.5, 0.6) is 17.2 Å². The van der Waals surface area contributed by atoms with Crippen LogP contribution in [0, 0.1) is 23.1 Å². The number of ether oxygens (including phenoxy) is 3. The number of allylic oxidation sites excluding steroid dienone is 1. The molecule has 0 saturated carbocycles. The highest BCUT2D eigenvalue weighted by Crippen LogP contribution is 2.32. The first-order valence-electron chi connectivity index (χ1n) is 17.0. The molecular formula is C39H50FNO9. The molecule has 1 aliphatic rings. The van der Waals surface area contributed by atoms with Gasteiger partial charge in [0, 0.05) is 18.7 Å². The Hall–Kier alpha value is -4.67. The zero-order valence-electron chi connectivity index (χ0n) is 29.9. The van der Waals surface area contributed by atoms with Crippen molar-refractivity contribution in [1.29, 1.82) is 0 Å². The number of phenols is 2. The second kappa shape index (κ2) is 17.8. The molecule has 50 heavy (non-hydrogen) atoms. The van der Waals surface area contributed by atoms with E-state index in [0.29, 0.717) is 24.0 Å².